The summed E-state index contributed by atoms with van der Waals surface area (Å²) < 4.78 is 25.6. The van der Waals surface area contributed by atoms with Gasteiger partial charge in [0.2, 0.25) is 0 Å². The average Bonchev–Trinajstić information content (AvgIpc) is 2.34. The average molecular weight is 271 g/mol. The number of anilines is 1. The molecule has 0 saturated heterocycles. The standard InChI is InChI=1S/C11H13NO5S/c1-7(13)8-3-4-10(12-6-18(15)16)9(5-8)11(14)17-2/h3-5,12,18H,6H2,1-2H3. The van der Waals surface area contributed by atoms with E-state index in [-0.39, 0.29) is 17.2 Å². The molecule has 6 nitrogen and oxygen atoms in total. The van der Waals surface area contributed by atoms with Crippen molar-refractivity contribution in [3.63, 3.8) is 0 Å². The van der Waals surface area contributed by atoms with Crippen LogP contribution in [-0.4, -0.2) is 33.2 Å². The maximum Gasteiger partial charge on any atom is 0.339 e. The lowest BCUT2D eigenvalue weighted by Crippen LogP contribution is -2.11. The molecule has 0 radical (unpaired) electrons. The first-order chi connectivity index (χ1) is 8.45. The Bertz CT molecular complexity index is 542. The highest BCUT2D eigenvalue weighted by Gasteiger charge is 2.14. The van der Waals surface area contributed by atoms with E-state index < -0.39 is 16.7 Å². The number of hydrogen-bond acceptors (Lipinski definition) is 6. The molecule has 0 fully saturated rings. The highest BCUT2D eigenvalue weighted by molar-refractivity contribution is 7.72. The number of ketones is 1. The molecule has 0 heterocycles. The largest absolute Gasteiger partial charge is 0.465 e. The zero-order valence-corrected chi connectivity index (χ0v) is 10.8. The third-order valence-corrected chi connectivity index (χ3v) is 2.65. The third-order valence-electron chi connectivity index (χ3n) is 2.23. The lowest BCUT2D eigenvalue weighted by Gasteiger charge is -2.09. The second-order valence-corrected chi connectivity index (χ2v) is 4.46. The lowest BCUT2D eigenvalue weighted by molar-refractivity contribution is 0.0602. The van der Waals surface area contributed by atoms with E-state index >= 15 is 0 Å². The molecular formula is C11H13NO5S. The molecule has 1 aromatic carbocycles. The van der Waals surface area contributed by atoms with E-state index in [1.165, 1.54) is 32.2 Å². The molecule has 0 bridgehead atoms. The van der Waals surface area contributed by atoms with Gasteiger partial charge in [-0.15, -0.1) is 0 Å². The zero-order valence-electron chi connectivity index (χ0n) is 9.93. The Morgan fingerprint density at radius 2 is 2.00 bits per heavy atom. The van der Waals surface area contributed by atoms with Crippen LogP contribution in [0.2, 0.25) is 0 Å². The molecule has 0 saturated carbocycles. The van der Waals surface area contributed by atoms with Crippen LogP contribution in [0.15, 0.2) is 18.2 Å². The number of esters is 1. The number of ether oxygens (including phenoxy) is 1. The number of carbonyl (C=O) groups is 2. The third kappa shape index (κ3) is 3.56. The number of rotatable bonds is 5. The molecule has 0 spiro atoms. The second kappa shape index (κ2) is 6.15. The van der Waals surface area contributed by atoms with Gasteiger partial charge < -0.3 is 10.1 Å². The molecule has 0 unspecified atom stereocenters. The quantitative estimate of drug-likeness (QED) is 0.464. The molecular weight excluding hydrogens is 258 g/mol. The normalized spacial score (nSPS) is 10.2. The fraction of sp³-hybridized carbons (Fsp3) is 0.273. The smallest absolute Gasteiger partial charge is 0.339 e. The van der Waals surface area contributed by atoms with Crippen molar-refractivity contribution in [3.8, 4) is 0 Å². The van der Waals surface area contributed by atoms with Crippen molar-refractivity contribution in [1.29, 1.82) is 0 Å². The molecule has 98 valence electrons. The molecule has 1 aromatic rings. The summed E-state index contributed by atoms with van der Waals surface area (Å²) in [7, 11) is -1.40. The summed E-state index contributed by atoms with van der Waals surface area (Å²) in [5.41, 5.74) is 0.792. The first kappa shape index (κ1) is 14.2. The minimum atomic E-state index is -2.61. The minimum Gasteiger partial charge on any atom is -0.465 e. The van der Waals surface area contributed by atoms with Crippen molar-refractivity contribution >= 4 is 28.1 Å². The molecule has 0 amide bonds. The van der Waals surface area contributed by atoms with E-state index in [4.69, 9.17) is 0 Å². The van der Waals surface area contributed by atoms with E-state index in [1.807, 2.05) is 0 Å². The summed E-state index contributed by atoms with van der Waals surface area (Å²) in [4.78, 5) is 22.7. The Morgan fingerprint density at radius 1 is 1.33 bits per heavy atom. The predicted octanol–water partition coefficient (Wildman–Crippen LogP) is 0.657. The van der Waals surface area contributed by atoms with Gasteiger partial charge in [0.15, 0.2) is 16.5 Å². The number of thiol groups is 1. The van der Waals surface area contributed by atoms with Crippen LogP contribution >= 0.6 is 0 Å². The van der Waals surface area contributed by atoms with Gasteiger partial charge >= 0.3 is 5.97 Å². The van der Waals surface area contributed by atoms with Crippen molar-refractivity contribution < 1.29 is 22.7 Å². The van der Waals surface area contributed by atoms with E-state index in [0.29, 0.717) is 11.3 Å². The van der Waals surface area contributed by atoms with Crippen LogP contribution < -0.4 is 5.32 Å². The van der Waals surface area contributed by atoms with Gasteiger partial charge in [0, 0.05) is 11.3 Å². The maximum absolute atomic E-state index is 11.5. The molecule has 0 atom stereocenters. The van der Waals surface area contributed by atoms with Gasteiger partial charge in [-0.05, 0) is 25.1 Å². The highest BCUT2D eigenvalue weighted by atomic mass is 32.2. The summed E-state index contributed by atoms with van der Waals surface area (Å²) in [6.07, 6.45) is 0. The van der Waals surface area contributed by atoms with Crippen molar-refractivity contribution in [2.45, 2.75) is 6.92 Å². The molecule has 0 aliphatic rings. The van der Waals surface area contributed by atoms with Crippen molar-refractivity contribution in [3.05, 3.63) is 29.3 Å². The molecule has 0 aromatic heterocycles. The molecule has 1 rings (SSSR count). The molecule has 0 aliphatic carbocycles. The van der Waals surface area contributed by atoms with Crippen LogP contribution in [0.3, 0.4) is 0 Å². The summed E-state index contributed by atoms with van der Waals surface area (Å²) in [6.45, 7) is 1.37. The van der Waals surface area contributed by atoms with Gasteiger partial charge in [-0.3, -0.25) is 4.79 Å². The first-order valence-electron chi connectivity index (χ1n) is 5.04. The fourth-order valence-electron chi connectivity index (χ4n) is 1.35. The Balaban J connectivity index is 3.16. The van der Waals surface area contributed by atoms with Gasteiger partial charge in [0.25, 0.3) is 0 Å². The number of methoxy groups -OCH3 is 1. The van der Waals surface area contributed by atoms with Crippen LogP contribution in [0.5, 0.6) is 0 Å². The number of nitrogens with one attached hydrogen (secondary N) is 1. The molecule has 18 heavy (non-hydrogen) atoms. The number of Topliss-reactive ketones (excluding diaryl/α,β-unsaturated/α-hetero) is 1. The Hall–Kier alpha value is -1.89. The maximum atomic E-state index is 11.5. The SMILES string of the molecule is COC(=O)c1cc(C(C)=O)ccc1NC[SH](=O)=O. The zero-order chi connectivity index (χ0) is 13.7. The van der Waals surface area contributed by atoms with Crippen LogP contribution in [0.4, 0.5) is 5.69 Å². The monoisotopic (exact) mass is 271 g/mol. The van der Waals surface area contributed by atoms with Gasteiger partial charge in [-0.25, -0.2) is 13.2 Å². The van der Waals surface area contributed by atoms with Crippen molar-refractivity contribution in [2.75, 3.05) is 18.3 Å². The van der Waals surface area contributed by atoms with Gasteiger partial charge in [-0.2, -0.15) is 0 Å². The lowest BCUT2D eigenvalue weighted by atomic mass is 10.1. The number of hydrogen-bond donors (Lipinski definition) is 2. The number of benzene rings is 1. The molecule has 7 heteroatoms. The predicted molar refractivity (Wildman–Crippen MR) is 66.6 cm³/mol. The highest BCUT2D eigenvalue weighted by Crippen LogP contribution is 2.19. The summed E-state index contributed by atoms with van der Waals surface area (Å²) >= 11 is 0. The first-order valence-corrected chi connectivity index (χ1v) is 6.41. The van der Waals surface area contributed by atoms with E-state index in [2.05, 4.69) is 10.1 Å². The molecule has 0 aliphatic heterocycles. The van der Waals surface area contributed by atoms with Crippen molar-refractivity contribution in [2.24, 2.45) is 0 Å². The molecule has 1 N–H and O–H groups in total. The van der Waals surface area contributed by atoms with Crippen LogP contribution in [0, 0.1) is 0 Å². The van der Waals surface area contributed by atoms with E-state index in [9.17, 15) is 18.0 Å². The Kier molecular flexibility index (Phi) is 4.85. The van der Waals surface area contributed by atoms with Crippen molar-refractivity contribution in [1.82, 2.24) is 0 Å². The van der Waals surface area contributed by atoms with Gasteiger partial charge in [0.05, 0.1) is 12.7 Å². The van der Waals surface area contributed by atoms with Gasteiger partial charge in [-0.1, -0.05) is 0 Å². The summed E-state index contributed by atoms with van der Waals surface area (Å²) in [5, 5.41) is 2.59. The van der Waals surface area contributed by atoms with Crippen LogP contribution in [-0.2, 0) is 15.4 Å². The van der Waals surface area contributed by atoms with E-state index in [0.717, 1.165) is 0 Å². The second-order valence-electron chi connectivity index (χ2n) is 3.48. The topological polar surface area (TPSA) is 89.5 Å². The van der Waals surface area contributed by atoms with Gasteiger partial charge in [0.1, 0.15) is 5.88 Å². The Morgan fingerprint density at radius 3 is 2.50 bits per heavy atom. The Labute approximate surface area is 106 Å². The number of carbonyl (C=O) groups excluding carboxylic acids is 2. The summed E-state index contributed by atoms with van der Waals surface area (Å²) in [5.74, 6) is -1.12. The van der Waals surface area contributed by atoms with Crippen LogP contribution in [0.25, 0.3) is 0 Å². The minimum absolute atomic E-state index is 0.127. The summed E-state index contributed by atoms with van der Waals surface area (Å²) in [6, 6.07) is 4.35. The van der Waals surface area contributed by atoms with E-state index in [1.54, 1.807) is 0 Å². The fourth-order valence-corrected chi connectivity index (χ4v) is 1.65. The van der Waals surface area contributed by atoms with Crippen LogP contribution in [0.1, 0.15) is 27.6 Å².